The second-order valence-corrected chi connectivity index (χ2v) is 4.63. The maximum atomic E-state index is 11.8. The summed E-state index contributed by atoms with van der Waals surface area (Å²) in [4.78, 5) is 23.3. The molecule has 0 aliphatic heterocycles. The van der Waals surface area contributed by atoms with Gasteiger partial charge in [0.25, 0.3) is 0 Å². The highest BCUT2D eigenvalue weighted by Gasteiger charge is 2.08. The summed E-state index contributed by atoms with van der Waals surface area (Å²) in [7, 11) is 0. The molecule has 7 nitrogen and oxygen atoms in total. The maximum Gasteiger partial charge on any atom is 0.327 e. The Morgan fingerprint density at radius 1 is 1.33 bits per heavy atom. The van der Waals surface area contributed by atoms with Crippen LogP contribution in [0.15, 0.2) is 30.5 Å². The average molecular weight is 288 g/mol. The summed E-state index contributed by atoms with van der Waals surface area (Å²) in [6.07, 6.45) is 2.30. The van der Waals surface area contributed by atoms with Crippen molar-refractivity contribution >= 4 is 17.7 Å². The summed E-state index contributed by atoms with van der Waals surface area (Å²) in [5.41, 5.74) is 2.28. The second-order valence-electron chi connectivity index (χ2n) is 4.63. The van der Waals surface area contributed by atoms with Crippen molar-refractivity contribution < 1.29 is 14.7 Å². The lowest BCUT2D eigenvalue weighted by Crippen LogP contribution is -2.15. The van der Waals surface area contributed by atoms with Crippen LogP contribution >= 0.6 is 0 Å². The number of carbonyl (C=O) groups is 2. The quantitative estimate of drug-likeness (QED) is 0.833. The van der Waals surface area contributed by atoms with Gasteiger partial charge in [-0.3, -0.25) is 9.59 Å². The van der Waals surface area contributed by atoms with Gasteiger partial charge in [0.15, 0.2) is 12.4 Å². The minimum absolute atomic E-state index is 0.180. The molecular formula is C14H16N4O3. The molecule has 1 aromatic carbocycles. The van der Waals surface area contributed by atoms with E-state index in [0.29, 0.717) is 12.8 Å². The van der Waals surface area contributed by atoms with E-state index in [2.05, 4.69) is 15.5 Å². The Kier molecular flexibility index (Phi) is 4.65. The number of hydrogen-bond acceptors (Lipinski definition) is 4. The Balaban J connectivity index is 1.86. The van der Waals surface area contributed by atoms with E-state index in [4.69, 9.17) is 5.11 Å². The normalized spacial score (nSPS) is 10.3. The fourth-order valence-corrected chi connectivity index (χ4v) is 1.90. The van der Waals surface area contributed by atoms with Gasteiger partial charge in [-0.1, -0.05) is 24.3 Å². The molecule has 2 aromatic rings. The smallest absolute Gasteiger partial charge is 0.327 e. The van der Waals surface area contributed by atoms with Gasteiger partial charge < -0.3 is 10.4 Å². The van der Waals surface area contributed by atoms with Crippen molar-refractivity contribution in [2.75, 3.05) is 5.32 Å². The summed E-state index contributed by atoms with van der Waals surface area (Å²) in [6, 6.07) is 7.90. The fourth-order valence-electron chi connectivity index (χ4n) is 1.90. The van der Waals surface area contributed by atoms with E-state index in [-0.39, 0.29) is 18.3 Å². The lowest BCUT2D eigenvalue weighted by molar-refractivity contribution is -0.138. The van der Waals surface area contributed by atoms with E-state index in [1.54, 1.807) is 0 Å². The van der Waals surface area contributed by atoms with E-state index in [0.717, 1.165) is 15.9 Å². The number of carboxylic acid groups (broad SMARTS) is 1. The molecule has 2 N–H and O–H groups in total. The SMILES string of the molecule is Cc1ccccc1CCC(=O)Nc1cnn(CC(=O)O)n1. The van der Waals surface area contributed by atoms with Crippen LogP contribution in [0.5, 0.6) is 0 Å². The molecule has 0 radical (unpaired) electrons. The van der Waals surface area contributed by atoms with Crippen LogP contribution < -0.4 is 5.32 Å². The second kappa shape index (κ2) is 6.65. The molecule has 0 fully saturated rings. The van der Waals surface area contributed by atoms with Crippen LogP contribution in [0.3, 0.4) is 0 Å². The molecule has 0 spiro atoms. The van der Waals surface area contributed by atoms with Gasteiger partial charge in [-0.25, -0.2) is 0 Å². The molecule has 1 aromatic heterocycles. The lowest BCUT2D eigenvalue weighted by atomic mass is 10.0. The highest BCUT2D eigenvalue weighted by molar-refractivity contribution is 5.89. The van der Waals surface area contributed by atoms with Crippen LogP contribution in [0.4, 0.5) is 5.82 Å². The Morgan fingerprint density at radius 3 is 2.81 bits per heavy atom. The van der Waals surface area contributed by atoms with Gasteiger partial charge in [-0.15, -0.1) is 5.10 Å². The summed E-state index contributed by atoms with van der Waals surface area (Å²) in [6.45, 7) is 1.67. The number of carbonyl (C=O) groups excluding carboxylic acids is 1. The molecule has 21 heavy (non-hydrogen) atoms. The average Bonchev–Trinajstić information content (AvgIpc) is 2.84. The van der Waals surface area contributed by atoms with Crippen LogP contribution in [0.25, 0.3) is 0 Å². The monoisotopic (exact) mass is 288 g/mol. The topological polar surface area (TPSA) is 97.1 Å². The molecule has 2 rings (SSSR count). The minimum atomic E-state index is -1.04. The Labute approximate surface area is 121 Å². The van der Waals surface area contributed by atoms with Gasteiger partial charge in [-0.2, -0.15) is 9.90 Å². The van der Waals surface area contributed by atoms with Crippen molar-refractivity contribution in [1.82, 2.24) is 15.0 Å². The first-order valence-electron chi connectivity index (χ1n) is 6.51. The number of aliphatic carboxylic acids is 1. The van der Waals surface area contributed by atoms with Gasteiger partial charge in [0.05, 0.1) is 6.20 Å². The van der Waals surface area contributed by atoms with Crippen LogP contribution in [-0.2, 0) is 22.6 Å². The Hall–Kier alpha value is -2.70. The zero-order chi connectivity index (χ0) is 15.2. The number of nitrogens with one attached hydrogen (secondary N) is 1. The van der Waals surface area contributed by atoms with Crippen LogP contribution in [0, 0.1) is 6.92 Å². The summed E-state index contributed by atoms with van der Waals surface area (Å²) < 4.78 is 0. The number of aryl methyl sites for hydroxylation is 2. The number of benzene rings is 1. The number of rotatable bonds is 6. The van der Waals surface area contributed by atoms with Crippen molar-refractivity contribution in [1.29, 1.82) is 0 Å². The zero-order valence-electron chi connectivity index (χ0n) is 11.6. The first-order chi connectivity index (χ1) is 10.0. The van der Waals surface area contributed by atoms with Gasteiger partial charge in [0.1, 0.15) is 0 Å². The van der Waals surface area contributed by atoms with Gasteiger partial charge in [0.2, 0.25) is 5.91 Å². The highest BCUT2D eigenvalue weighted by Crippen LogP contribution is 2.10. The van der Waals surface area contributed by atoms with Gasteiger partial charge >= 0.3 is 5.97 Å². The highest BCUT2D eigenvalue weighted by atomic mass is 16.4. The Morgan fingerprint density at radius 2 is 2.10 bits per heavy atom. The molecular weight excluding hydrogens is 272 g/mol. The third-order valence-electron chi connectivity index (χ3n) is 2.96. The fraction of sp³-hybridized carbons (Fsp3) is 0.286. The maximum absolute atomic E-state index is 11.8. The van der Waals surface area contributed by atoms with E-state index in [1.165, 1.54) is 6.20 Å². The Bertz CT molecular complexity index is 651. The molecule has 7 heteroatoms. The zero-order valence-corrected chi connectivity index (χ0v) is 11.6. The van der Waals surface area contributed by atoms with Gasteiger partial charge in [-0.05, 0) is 24.5 Å². The van der Waals surface area contributed by atoms with E-state index in [9.17, 15) is 9.59 Å². The van der Waals surface area contributed by atoms with Crippen LogP contribution in [-0.4, -0.2) is 32.0 Å². The van der Waals surface area contributed by atoms with E-state index >= 15 is 0 Å². The molecule has 110 valence electrons. The molecule has 0 saturated heterocycles. The van der Waals surface area contributed by atoms with Crippen LogP contribution in [0.1, 0.15) is 17.5 Å². The third kappa shape index (κ3) is 4.41. The van der Waals surface area contributed by atoms with Crippen molar-refractivity contribution in [2.24, 2.45) is 0 Å². The summed E-state index contributed by atoms with van der Waals surface area (Å²) in [5, 5.41) is 18.8. The number of carboxylic acids is 1. The van der Waals surface area contributed by atoms with E-state index < -0.39 is 5.97 Å². The molecule has 1 amide bonds. The molecule has 1 heterocycles. The number of amides is 1. The lowest BCUT2D eigenvalue weighted by Gasteiger charge is -2.05. The number of hydrogen-bond donors (Lipinski definition) is 2. The third-order valence-corrected chi connectivity index (χ3v) is 2.96. The largest absolute Gasteiger partial charge is 0.480 e. The molecule has 0 bridgehead atoms. The number of aromatic nitrogens is 3. The molecule has 0 unspecified atom stereocenters. The van der Waals surface area contributed by atoms with Crippen molar-refractivity contribution in [3.8, 4) is 0 Å². The van der Waals surface area contributed by atoms with Gasteiger partial charge in [0, 0.05) is 6.42 Å². The van der Waals surface area contributed by atoms with E-state index in [1.807, 2.05) is 31.2 Å². The van der Waals surface area contributed by atoms with Crippen LogP contribution in [0.2, 0.25) is 0 Å². The first-order valence-corrected chi connectivity index (χ1v) is 6.51. The van der Waals surface area contributed by atoms with Crippen molar-refractivity contribution in [2.45, 2.75) is 26.3 Å². The van der Waals surface area contributed by atoms with Crippen molar-refractivity contribution in [3.63, 3.8) is 0 Å². The summed E-state index contributed by atoms with van der Waals surface area (Å²) >= 11 is 0. The standard InChI is InChI=1S/C14H16N4O3/c1-10-4-2-3-5-11(10)6-7-13(19)16-12-8-15-18(17-12)9-14(20)21/h2-5,8H,6-7,9H2,1H3,(H,20,21)(H,16,17,19). The van der Waals surface area contributed by atoms with Crippen molar-refractivity contribution in [3.05, 3.63) is 41.6 Å². The predicted molar refractivity (Wildman–Crippen MR) is 75.8 cm³/mol. The predicted octanol–water partition coefficient (Wildman–Crippen LogP) is 1.24. The number of nitrogens with zero attached hydrogens (tertiary/aromatic N) is 3. The molecule has 0 aliphatic carbocycles. The minimum Gasteiger partial charge on any atom is -0.480 e. The number of anilines is 1. The summed E-state index contributed by atoms with van der Waals surface area (Å²) in [5.74, 6) is -0.963. The molecule has 0 atom stereocenters. The molecule has 0 saturated carbocycles. The molecule has 0 aliphatic rings. The first kappa shape index (κ1) is 14.7.